The molecular formula is C17H33N3. The molecule has 2 saturated heterocycles. The minimum Gasteiger partial charge on any atom is -0.314 e. The van der Waals surface area contributed by atoms with Gasteiger partial charge >= 0.3 is 0 Å². The molecule has 116 valence electrons. The van der Waals surface area contributed by atoms with Crippen LogP contribution in [0.15, 0.2) is 0 Å². The second kappa shape index (κ2) is 7.24. The van der Waals surface area contributed by atoms with E-state index in [-0.39, 0.29) is 0 Å². The van der Waals surface area contributed by atoms with Gasteiger partial charge < -0.3 is 15.5 Å². The average molecular weight is 279 g/mol. The first-order chi connectivity index (χ1) is 9.83. The van der Waals surface area contributed by atoms with E-state index in [0.717, 1.165) is 24.0 Å². The van der Waals surface area contributed by atoms with Gasteiger partial charge in [0.25, 0.3) is 0 Å². The molecule has 4 atom stereocenters. The van der Waals surface area contributed by atoms with Crippen LogP contribution in [0.1, 0.15) is 57.8 Å². The van der Waals surface area contributed by atoms with Crippen molar-refractivity contribution in [3.63, 3.8) is 0 Å². The van der Waals surface area contributed by atoms with E-state index in [4.69, 9.17) is 0 Å². The zero-order chi connectivity index (χ0) is 13.8. The molecular weight excluding hydrogens is 246 g/mol. The molecule has 0 spiro atoms. The Balaban J connectivity index is 1.56. The average Bonchev–Trinajstić information content (AvgIpc) is 2.49. The second-order valence-electron chi connectivity index (χ2n) is 7.38. The van der Waals surface area contributed by atoms with Gasteiger partial charge in [0.2, 0.25) is 0 Å². The molecule has 2 heterocycles. The fraction of sp³-hybridized carbons (Fsp3) is 1.00. The Kier molecular flexibility index (Phi) is 5.36. The Morgan fingerprint density at radius 1 is 0.950 bits per heavy atom. The molecule has 3 fully saturated rings. The molecule has 2 aliphatic heterocycles. The van der Waals surface area contributed by atoms with Gasteiger partial charge in [0.1, 0.15) is 0 Å². The first-order valence-corrected chi connectivity index (χ1v) is 9.01. The van der Waals surface area contributed by atoms with Gasteiger partial charge in [-0.1, -0.05) is 19.3 Å². The summed E-state index contributed by atoms with van der Waals surface area (Å²) < 4.78 is 0. The molecule has 0 aromatic heterocycles. The number of hydrogen-bond donors (Lipinski definition) is 2. The van der Waals surface area contributed by atoms with Gasteiger partial charge in [0.15, 0.2) is 0 Å². The highest BCUT2D eigenvalue weighted by Crippen LogP contribution is 2.31. The van der Waals surface area contributed by atoms with E-state index in [1.807, 2.05) is 0 Å². The molecule has 0 radical (unpaired) electrons. The summed E-state index contributed by atoms with van der Waals surface area (Å²) in [7, 11) is 2.27. The summed E-state index contributed by atoms with van der Waals surface area (Å²) in [6.07, 6.45) is 12.7. The highest BCUT2D eigenvalue weighted by Gasteiger charge is 2.33. The van der Waals surface area contributed by atoms with Crippen molar-refractivity contribution in [3.05, 3.63) is 0 Å². The quantitative estimate of drug-likeness (QED) is 0.830. The molecule has 3 rings (SSSR count). The van der Waals surface area contributed by atoms with Crippen LogP contribution in [0.5, 0.6) is 0 Å². The van der Waals surface area contributed by atoms with Crippen molar-refractivity contribution in [1.82, 2.24) is 15.5 Å². The summed E-state index contributed by atoms with van der Waals surface area (Å²) in [5.41, 5.74) is 0. The van der Waals surface area contributed by atoms with E-state index in [9.17, 15) is 0 Å². The number of likely N-dealkylation sites (tertiary alicyclic amines) is 1. The van der Waals surface area contributed by atoms with Gasteiger partial charge in [0, 0.05) is 24.7 Å². The van der Waals surface area contributed by atoms with Crippen molar-refractivity contribution in [1.29, 1.82) is 0 Å². The Hall–Kier alpha value is -0.120. The summed E-state index contributed by atoms with van der Waals surface area (Å²) in [6, 6.07) is 2.31. The van der Waals surface area contributed by atoms with Gasteiger partial charge in [0.05, 0.1) is 0 Å². The molecule has 0 aromatic carbocycles. The van der Waals surface area contributed by atoms with Gasteiger partial charge in [-0.2, -0.15) is 0 Å². The normalized spacial score (nSPS) is 40.6. The van der Waals surface area contributed by atoms with E-state index in [2.05, 4.69) is 22.6 Å². The first-order valence-electron chi connectivity index (χ1n) is 9.01. The summed E-state index contributed by atoms with van der Waals surface area (Å²) in [5, 5.41) is 7.87. The maximum atomic E-state index is 4.05. The highest BCUT2D eigenvalue weighted by molar-refractivity contribution is 4.92. The van der Waals surface area contributed by atoms with Gasteiger partial charge in [-0.25, -0.2) is 0 Å². The Morgan fingerprint density at radius 3 is 2.60 bits per heavy atom. The van der Waals surface area contributed by atoms with Gasteiger partial charge in [-0.15, -0.1) is 0 Å². The predicted octanol–water partition coefficient (Wildman–Crippen LogP) is 2.37. The van der Waals surface area contributed by atoms with Crippen LogP contribution in [-0.2, 0) is 0 Å². The van der Waals surface area contributed by atoms with E-state index < -0.39 is 0 Å². The summed E-state index contributed by atoms with van der Waals surface area (Å²) >= 11 is 0. The van der Waals surface area contributed by atoms with Crippen molar-refractivity contribution in [2.24, 2.45) is 5.92 Å². The van der Waals surface area contributed by atoms with Crippen molar-refractivity contribution in [3.8, 4) is 0 Å². The summed E-state index contributed by atoms with van der Waals surface area (Å²) in [4.78, 5) is 2.50. The minimum absolute atomic E-state index is 0.739. The Labute approximate surface area is 124 Å². The van der Waals surface area contributed by atoms with E-state index in [1.54, 1.807) is 0 Å². The summed E-state index contributed by atoms with van der Waals surface area (Å²) in [5.74, 6) is 0.885. The van der Waals surface area contributed by atoms with Crippen LogP contribution >= 0.6 is 0 Å². The van der Waals surface area contributed by atoms with Gasteiger partial charge in [-0.05, 0) is 64.6 Å². The van der Waals surface area contributed by atoms with E-state index in [1.165, 1.54) is 77.4 Å². The molecule has 0 amide bonds. The fourth-order valence-corrected chi connectivity index (χ4v) is 4.70. The lowest BCUT2D eigenvalue weighted by Crippen LogP contribution is -2.55. The fourth-order valence-electron chi connectivity index (χ4n) is 4.70. The lowest BCUT2D eigenvalue weighted by Gasteiger charge is -2.42. The highest BCUT2D eigenvalue weighted by atomic mass is 15.1. The first kappa shape index (κ1) is 14.8. The molecule has 20 heavy (non-hydrogen) atoms. The van der Waals surface area contributed by atoms with Gasteiger partial charge in [-0.3, -0.25) is 0 Å². The largest absolute Gasteiger partial charge is 0.314 e. The third-order valence-corrected chi connectivity index (χ3v) is 5.76. The van der Waals surface area contributed by atoms with Crippen LogP contribution in [0.2, 0.25) is 0 Å². The SMILES string of the molecule is CN1CCCC(NC2CCCCC2C2CCCCN2)C1. The van der Waals surface area contributed by atoms with Crippen molar-refractivity contribution in [2.45, 2.75) is 75.9 Å². The number of nitrogens with zero attached hydrogens (tertiary/aromatic N) is 1. The monoisotopic (exact) mass is 279 g/mol. The maximum absolute atomic E-state index is 4.05. The second-order valence-corrected chi connectivity index (χ2v) is 7.38. The number of nitrogens with one attached hydrogen (secondary N) is 2. The third-order valence-electron chi connectivity index (χ3n) is 5.76. The zero-order valence-electron chi connectivity index (χ0n) is 13.2. The van der Waals surface area contributed by atoms with Crippen LogP contribution < -0.4 is 10.6 Å². The standard InChI is InChI=1S/C17H33N3/c1-20-12-6-7-14(13-20)19-17-10-3-2-8-15(17)16-9-4-5-11-18-16/h14-19H,2-13H2,1H3. The van der Waals surface area contributed by atoms with E-state index in [0.29, 0.717) is 0 Å². The number of piperidine rings is 2. The lowest BCUT2D eigenvalue weighted by molar-refractivity contribution is 0.146. The molecule has 3 heteroatoms. The molecule has 1 saturated carbocycles. The number of rotatable bonds is 3. The minimum atomic E-state index is 0.739. The molecule has 0 bridgehead atoms. The zero-order valence-corrected chi connectivity index (χ0v) is 13.2. The lowest BCUT2D eigenvalue weighted by atomic mass is 9.77. The maximum Gasteiger partial charge on any atom is 0.0198 e. The van der Waals surface area contributed by atoms with E-state index >= 15 is 0 Å². The topological polar surface area (TPSA) is 27.3 Å². The number of likely N-dealkylation sites (N-methyl/N-ethyl adjacent to an activating group) is 1. The number of hydrogen-bond acceptors (Lipinski definition) is 3. The molecule has 0 aromatic rings. The third kappa shape index (κ3) is 3.75. The van der Waals surface area contributed by atoms with Crippen LogP contribution in [0.3, 0.4) is 0 Å². The van der Waals surface area contributed by atoms with Crippen molar-refractivity contribution >= 4 is 0 Å². The smallest absolute Gasteiger partial charge is 0.0198 e. The predicted molar refractivity (Wildman–Crippen MR) is 85.0 cm³/mol. The van der Waals surface area contributed by atoms with Crippen LogP contribution in [-0.4, -0.2) is 49.7 Å². The summed E-state index contributed by atoms with van der Waals surface area (Å²) in [6.45, 7) is 3.79. The van der Waals surface area contributed by atoms with Crippen molar-refractivity contribution in [2.75, 3.05) is 26.7 Å². The Bertz CT molecular complexity index is 288. The molecule has 4 unspecified atom stereocenters. The molecule has 2 N–H and O–H groups in total. The molecule has 3 nitrogen and oxygen atoms in total. The van der Waals surface area contributed by atoms with Crippen LogP contribution in [0.25, 0.3) is 0 Å². The van der Waals surface area contributed by atoms with Crippen LogP contribution in [0.4, 0.5) is 0 Å². The Morgan fingerprint density at radius 2 is 1.80 bits per heavy atom. The van der Waals surface area contributed by atoms with Crippen molar-refractivity contribution < 1.29 is 0 Å². The van der Waals surface area contributed by atoms with Crippen LogP contribution in [0, 0.1) is 5.92 Å². The molecule has 1 aliphatic carbocycles. The molecule has 3 aliphatic rings.